The van der Waals surface area contributed by atoms with Crippen molar-refractivity contribution < 1.29 is 9.47 Å². The summed E-state index contributed by atoms with van der Waals surface area (Å²) in [7, 11) is 3.48. The molecule has 0 aliphatic carbocycles. The Kier molecular flexibility index (Phi) is 10.9. The van der Waals surface area contributed by atoms with Crippen LogP contribution in [0.3, 0.4) is 0 Å². The summed E-state index contributed by atoms with van der Waals surface area (Å²) in [5.41, 5.74) is 4.65. The van der Waals surface area contributed by atoms with Gasteiger partial charge in [-0.2, -0.15) is 0 Å². The molecule has 0 aliphatic rings. The van der Waals surface area contributed by atoms with E-state index in [0.717, 1.165) is 22.8 Å². The SMILES string of the molecule is CN=C(NCc1cccc(COC)c1)NCc1ccc(C)cc1OC(C)C.I. The van der Waals surface area contributed by atoms with Crippen LogP contribution < -0.4 is 15.4 Å². The van der Waals surface area contributed by atoms with Gasteiger partial charge in [0.25, 0.3) is 0 Å². The van der Waals surface area contributed by atoms with Crippen LogP contribution in [0.15, 0.2) is 47.5 Å². The Balaban J connectivity index is 0.00000392. The van der Waals surface area contributed by atoms with Gasteiger partial charge in [-0.3, -0.25) is 4.99 Å². The number of benzene rings is 2. The first kappa shape index (κ1) is 24.2. The molecular formula is C22H32IN3O2. The molecule has 5 nitrogen and oxygen atoms in total. The molecule has 2 aromatic rings. The van der Waals surface area contributed by atoms with E-state index in [1.165, 1.54) is 11.1 Å². The maximum absolute atomic E-state index is 5.95. The van der Waals surface area contributed by atoms with E-state index in [1.807, 2.05) is 19.9 Å². The number of guanidine groups is 1. The highest BCUT2D eigenvalue weighted by Crippen LogP contribution is 2.21. The summed E-state index contributed by atoms with van der Waals surface area (Å²) >= 11 is 0. The number of aliphatic imine (C=N–C) groups is 1. The highest BCUT2D eigenvalue weighted by molar-refractivity contribution is 14.0. The number of hydrogen-bond donors (Lipinski definition) is 2. The Labute approximate surface area is 186 Å². The van der Waals surface area contributed by atoms with Gasteiger partial charge in [-0.25, -0.2) is 0 Å². The largest absolute Gasteiger partial charge is 0.491 e. The van der Waals surface area contributed by atoms with E-state index in [1.54, 1.807) is 14.2 Å². The number of hydrogen-bond acceptors (Lipinski definition) is 3. The van der Waals surface area contributed by atoms with E-state index in [0.29, 0.717) is 19.7 Å². The molecule has 6 heteroatoms. The van der Waals surface area contributed by atoms with E-state index < -0.39 is 0 Å². The van der Waals surface area contributed by atoms with Gasteiger partial charge in [-0.05, 0) is 43.5 Å². The van der Waals surface area contributed by atoms with Gasteiger partial charge >= 0.3 is 0 Å². The zero-order valence-corrected chi connectivity index (χ0v) is 19.7. The molecule has 0 saturated heterocycles. The van der Waals surface area contributed by atoms with Crippen molar-refractivity contribution in [3.05, 3.63) is 64.7 Å². The zero-order valence-electron chi connectivity index (χ0n) is 17.4. The summed E-state index contributed by atoms with van der Waals surface area (Å²) in [6.45, 7) is 8.11. The topological polar surface area (TPSA) is 54.9 Å². The molecule has 0 aromatic heterocycles. The van der Waals surface area contributed by atoms with Crippen LogP contribution >= 0.6 is 24.0 Å². The van der Waals surface area contributed by atoms with E-state index in [-0.39, 0.29) is 30.1 Å². The summed E-state index contributed by atoms with van der Waals surface area (Å²) in [5.74, 6) is 1.67. The maximum atomic E-state index is 5.95. The molecule has 2 rings (SSSR count). The average molecular weight is 497 g/mol. The fraction of sp³-hybridized carbons (Fsp3) is 0.409. The minimum atomic E-state index is 0. The van der Waals surface area contributed by atoms with Crippen LogP contribution in [0.4, 0.5) is 0 Å². The third kappa shape index (κ3) is 8.06. The van der Waals surface area contributed by atoms with Crippen molar-refractivity contribution in [2.24, 2.45) is 4.99 Å². The van der Waals surface area contributed by atoms with E-state index in [4.69, 9.17) is 9.47 Å². The number of nitrogens with zero attached hydrogens (tertiary/aromatic N) is 1. The second-order valence-electron chi connectivity index (χ2n) is 6.81. The molecule has 2 aromatic carbocycles. The molecular weight excluding hydrogens is 465 g/mol. The van der Waals surface area contributed by atoms with Gasteiger partial charge in [-0.1, -0.05) is 36.4 Å². The van der Waals surface area contributed by atoms with Crippen molar-refractivity contribution in [1.29, 1.82) is 0 Å². The monoisotopic (exact) mass is 497 g/mol. The number of nitrogens with one attached hydrogen (secondary N) is 2. The highest BCUT2D eigenvalue weighted by atomic mass is 127. The lowest BCUT2D eigenvalue weighted by Crippen LogP contribution is -2.36. The molecule has 154 valence electrons. The molecule has 2 N–H and O–H groups in total. The summed E-state index contributed by atoms with van der Waals surface area (Å²) in [4.78, 5) is 4.31. The van der Waals surface area contributed by atoms with Gasteiger partial charge < -0.3 is 20.1 Å². The molecule has 0 spiro atoms. The second kappa shape index (κ2) is 12.6. The van der Waals surface area contributed by atoms with Gasteiger partial charge in [0.2, 0.25) is 0 Å². The Bertz CT molecular complexity index is 763. The smallest absolute Gasteiger partial charge is 0.191 e. The minimum Gasteiger partial charge on any atom is -0.491 e. The van der Waals surface area contributed by atoms with Gasteiger partial charge in [-0.15, -0.1) is 24.0 Å². The lowest BCUT2D eigenvalue weighted by Gasteiger charge is -2.17. The molecule has 0 atom stereocenters. The van der Waals surface area contributed by atoms with Crippen LogP contribution in [-0.2, 0) is 24.4 Å². The Morgan fingerprint density at radius 3 is 2.43 bits per heavy atom. The molecule has 0 radical (unpaired) electrons. The first-order valence-electron chi connectivity index (χ1n) is 9.29. The van der Waals surface area contributed by atoms with Crippen LogP contribution in [0.25, 0.3) is 0 Å². The van der Waals surface area contributed by atoms with Crippen LogP contribution in [0.2, 0.25) is 0 Å². The lowest BCUT2D eigenvalue weighted by atomic mass is 10.1. The average Bonchev–Trinajstić information content (AvgIpc) is 2.63. The quantitative estimate of drug-likeness (QED) is 0.322. The van der Waals surface area contributed by atoms with Gasteiger partial charge in [0.1, 0.15) is 5.75 Å². The molecule has 0 heterocycles. The van der Waals surface area contributed by atoms with Crippen LogP contribution in [0.5, 0.6) is 5.75 Å². The van der Waals surface area contributed by atoms with Crippen molar-refractivity contribution in [1.82, 2.24) is 10.6 Å². The maximum Gasteiger partial charge on any atom is 0.191 e. The molecule has 0 unspecified atom stereocenters. The first-order valence-corrected chi connectivity index (χ1v) is 9.29. The summed E-state index contributed by atoms with van der Waals surface area (Å²) in [5, 5.41) is 6.72. The zero-order chi connectivity index (χ0) is 19.6. The fourth-order valence-corrected chi connectivity index (χ4v) is 2.75. The van der Waals surface area contributed by atoms with E-state index in [9.17, 15) is 0 Å². The van der Waals surface area contributed by atoms with Crippen molar-refractivity contribution in [2.45, 2.75) is 46.6 Å². The normalized spacial score (nSPS) is 11.1. The van der Waals surface area contributed by atoms with Gasteiger partial charge in [0, 0.05) is 32.8 Å². The molecule has 28 heavy (non-hydrogen) atoms. The summed E-state index contributed by atoms with van der Waals surface area (Å²) < 4.78 is 11.1. The Morgan fingerprint density at radius 1 is 1.04 bits per heavy atom. The number of halogens is 1. The predicted molar refractivity (Wildman–Crippen MR) is 127 cm³/mol. The fourth-order valence-electron chi connectivity index (χ4n) is 2.75. The molecule has 0 fully saturated rings. The lowest BCUT2D eigenvalue weighted by molar-refractivity contribution is 0.185. The van der Waals surface area contributed by atoms with Crippen LogP contribution in [-0.4, -0.2) is 26.2 Å². The second-order valence-corrected chi connectivity index (χ2v) is 6.81. The third-order valence-electron chi connectivity index (χ3n) is 4.02. The molecule has 0 amide bonds. The van der Waals surface area contributed by atoms with Crippen molar-refractivity contribution >= 4 is 29.9 Å². The van der Waals surface area contributed by atoms with E-state index >= 15 is 0 Å². The predicted octanol–water partition coefficient (Wildman–Crippen LogP) is 4.41. The van der Waals surface area contributed by atoms with Gasteiger partial charge in [0.15, 0.2) is 5.96 Å². The van der Waals surface area contributed by atoms with E-state index in [2.05, 4.69) is 58.9 Å². The summed E-state index contributed by atoms with van der Waals surface area (Å²) in [6.07, 6.45) is 0.141. The standard InChI is InChI=1S/C22H31N3O2.HI/c1-16(2)27-21-11-17(3)9-10-20(21)14-25-22(23-4)24-13-18-7-6-8-19(12-18)15-26-5;/h6-12,16H,13-15H2,1-5H3,(H2,23,24,25);1H. The molecule has 0 aliphatic heterocycles. The van der Waals surface area contributed by atoms with Crippen LogP contribution in [0, 0.1) is 6.92 Å². The molecule has 0 saturated carbocycles. The minimum absolute atomic E-state index is 0. The molecule has 0 bridgehead atoms. The van der Waals surface area contributed by atoms with Crippen molar-refractivity contribution in [3.63, 3.8) is 0 Å². The Hall–Kier alpha value is -1.80. The van der Waals surface area contributed by atoms with Crippen molar-refractivity contribution in [3.8, 4) is 5.75 Å². The number of methoxy groups -OCH3 is 1. The van der Waals surface area contributed by atoms with Crippen molar-refractivity contribution in [2.75, 3.05) is 14.2 Å². The number of aryl methyl sites for hydroxylation is 1. The van der Waals surface area contributed by atoms with Gasteiger partial charge in [0.05, 0.1) is 12.7 Å². The number of rotatable bonds is 8. The summed E-state index contributed by atoms with van der Waals surface area (Å²) in [6, 6.07) is 14.6. The van der Waals surface area contributed by atoms with Crippen LogP contribution in [0.1, 0.15) is 36.1 Å². The third-order valence-corrected chi connectivity index (χ3v) is 4.02. The number of ether oxygens (including phenoxy) is 2. The first-order chi connectivity index (χ1) is 13.0. The Morgan fingerprint density at radius 2 is 1.75 bits per heavy atom. The highest BCUT2D eigenvalue weighted by Gasteiger charge is 2.07.